The summed E-state index contributed by atoms with van der Waals surface area (Å²) in [5.41, 5.74) is -1.09. The fraction of sp³-hybridized carbons (Fsp3) is 0.333. The van der Waals surface area contributed by atoms with E-state index in [1.807, 2.05) is 0 Å². The van der Waals surface area contributed by atoms with Crippen molar-refractivity contribution in [1.82, 2.24) is 9.55 Å². The number of aromatic hydroxyl groups is 1. The Kier molecular flexibility index (Phi) is 2.77. The Morgan fingerprint density at radius 3 is 2.71 bits per heavy atom. The van der Waals surface area contributed by atoms with Gasteiger partial charge in [0.2, 0.25) is 5.88 Å². The van der Waals surface area contributed by atoms with Gasteiger partial charge in [0.15, 0.2) is 0 Å². The molecule has 0 aliphatic rings. The van der Waals surface area contributed by atoms with E-state index in [-0.39, 0.29) is 18.0 Å². The summed E-state index contributed by atoms with van der Waals surface area (Å²) < 4.78 is 0.945. The summed E-state index contributed by atoms with van der Waals surface area (Å²) in [6, 6.07) is 0. The van der Waals surface area contributed by atoms with Gasteiger partial charge in [0.25, 0.3) is 5.56 Å². The van der Waals surface area contributed by atoms with E-state index in [4.69, 9.17) is 6.42 Å². The molecule has 0 aliphatic heterocycles. The van der Waals surface area contributed by atoms with E-state index >= 15 is 0 Å². The second-order valence-corrected chi connectivity index (χ2v) is 2.71. The monoisotopic (exact) mass is 194 g/mol. The standard InChI is InChI=1S/C9H10N2O3/c1-3-5-11-8(13)6(4-2)7(12)10-9(11)14/h1,13H,4-5H2,2H3,(H,10,12,14). The number of aromatic nitrogens is 2. The maximum atomic E-state index is 11.2. The molecule has 0 aromatic carbocycles. The van der Waals surface area contributed by atoms with Gasteiger partial charge in [-0.1, -0.05) is 12.8 Å². The zero-order valence-corrected chi connectivity index (χ0v) is 7.70. The van der Waals surface area contributed by atoms with Crippen LogP contribution in [-0.4, -0.2) is 14.7 Å². The molecule has 5 heteroatoms. The fourth-order valence-electron chi connectivity index (χ4n) is 1.16. The number of nitrogens with one attached hydrogen (secondary N) is 1. The van der Waals surface area contributed by atoms with Gasteiger partial charge in [0.05, 0.1) is 12.1 Å². The SMILES string of the molecule is C#CCn1c(O)c(CC)c(=O)[nH]c1=O. The van der Waals surface area contributed by atoms with Crippen molar-refractivity contribution in [1.29, 1.82) is 0 Å². The molecule has 2 N–H and O–H groups in total. The van der Waals surface area contributed by atoms with Crippen LogP contribution in [0, 0.1) is 12.3 Å². The van der Waals surface area contributed by atoms with Crippen LogP contribution in [-0.2, 0) is 13.0 Å². The van der Waals surface area contributed by atoms with Crippen molar-refractivity contribution in [2.45, 2.75) is 19.9 Å². The van der Waals surface area contributed by atoms with Crippen LogP contribution in [0.25, 0.3) is 0 Å². The van der Waals surface area contributed by atoms with Crippen molar-refractivity contribution in [2.24, 2.45) is 0 Å². The maximum absolute atomic E-state index is 11.2. The first-order valence-corrected chi connectivity index (χ1v) is 4.10. The highest BCUT2D eigenvalue weighted by Crippen LogP contribution is 2.09. The van der Waals surface area contributed by atoms with Gasteiger partial charge in [-0.25, -0.2) is 4.79 Å². The van der Waals surface area contributed by atoms with Gasteiger partial charge in [-0.05, 0) is 6.42 Å². The second kappa shape index (κ2) is 3.83. The van der Waals surface area contributed by atoms with Crippen LogP contribution in [0.2, 0.25) is 0 Å². The molecule has 0 spiro atoms. The zero-order chi connectivity index (χ0) is 10.7. The molecule has 74 valence electrons. The summed E-state index contributed by atoms with van der Waals surface area (Å²) >= 11 is 0. The summed E-state index contributed by atoms with van der Waals surface area (Å²) in [6.45, 7) is 1.64. The largest absolute Gasteiger partial charge is 0.494 e. The van der Waals surface area contributed by atoms with Gasteiger partial charge in [-0.2, -0.15) is 0 Å². The lowest BCUT2D eigenvalue weighted by Crippen LogP contribution is -2.31. The average molecular weight is 194 g/mol. The Labute approximate surface area is 80.0 Å². The summed E-state index contributed by atoms with van der Waals surface area (Å²) in [6.07, 6.45) is 5.35. The lowest BCUT2D eigenvalue weighted by atomic mass is 10.2. The van der Waals surface area contributed by atoms with E-state index in [2.05, 4.69) is 10.9 Å². The predicted octanol–water partition coefficient (Wildman–Crippen LogP) is -0.562. The first kappa shape index (κ1) is 10.1. The average Bonchev–Trinajstić information content (AvgIpc) is 2.12. The molecule has 14 heavy (non-hydrogen) atoms. The molecule has 1 aromatic heterocycles. The molecule has 1 aromatic rings. The Hall–Kier alpha value is -1.96. The molecular formula is C9H10N2O3. The Bertz CT molecular complexity index is 490. The van der Waals surface area contributed by atoms with E-state index < -0.39 is 11.2 Å². The van der Waals surface area contributed by atoms with Crippen LogP contribution in [0.5, 0.6) is 5.88 Å². The van der Waals surface area contributed by atoms with Gasteiger partial charge in [0, 0.05) is 0 Å². The predicted molar refractivity (Wildman–Crippen MR) is 51.2 cm³/mol. The Morgan fingerprint density at radius 2 is 2.21 bits per heavy atom. The number of rotatable bonds is 2. The van der Waals surface area contributed by atoms with E-state index in [1.54, 1.807) is 6.92 Å². The first-order chi connectivity index (χ1) is 6.61. The molecule has 1 heterocycles. The molecule has 1 rings (SSSR count). The summed E-state index contributed by atoms with van der Waals surface area (Å²) in [7, 11) is 0. The van der Waals surface area contributed by atoms with E-state index in [0.717, 1.165) is 4.57 Å². The quantitative estimate of drug-likeness (QED) is 0.619. The molecule has 0 amide bonds. The van der Waals surface area contributed by atoms with Gasteiger partial charge in [-0.3, -0.25) is 14.3 Å². The molecule has 0 bridgehead atoms. The van der Waals surface area contributed by atoms with Crippen molar-refractivity contribution >= 4 is 0 Å². The minimum Gasteiger partial charge on any atom is -0.494 e. The molecule has 0 saturated heterocycles. The summed E-state index contributed by atoms with van der Waals surface area (Å²) in [4.78, 5) is 24.4. The Morgan fingerprint density at radius 1 is 1.57 bits per heavy atom. The van der Waals surface area contributed by atoms with Crippen LogP contribution in [0.1, 0.15) is 12.5 Å². The van der Waals surface area contributed by atoms with E-state index in [0.29, 0.717) is 6.42 Å². The van der Waals surface area contributed by atoms with Crippen molar-refractivity contribution in [3.8, 4) is 18.2 Å². The molecule has 0 saturated carbocycles. The normalized spacial score (nSPS) is 9.71. The van der Waals surface area contributed by atoms with Gasteiger partial charge in [0.1, 0.15) is 0 Å². The number of H-pyrrole nitrogens is 1. The van der Waals surface area contributed by atoms with Crippen molar-refractivity contribution < 1.29 is 5.11 Å². The topological polar surface area (TPSA) is 75.1 Å². The minimum atomic E-state index is -0.692. The molecule has 0 aliphatic carbocycles. The third kappa shape index (κ3) is 1.55. The number of hydrogen-bond acceptors (Lipinski definition) is 3. The van der Waals surface area contributed by atoms with Crippen LogP contribution in [0.3, 0.4) is 0 Å². The third-order valence-corrected chi connectivity index (χ3v) is 1.87. The highest BCUT2D eigenvalue weighted by atomic mass is 16.3. The lowest BCUT2D eigenvalue weighted by Gasteiger charge is -2.06. The molecule has 0 atom stereocenters. The molecule has 0 fully saturated rings. The smallest absolute Gasteiger partial charge is 0.332 e. The fourth-order valence-corrected chi connectivity index (χ4v) is 1.16. The minimum absolute atomic E-state index is 0.0611. The number of hydrogen-bond donors (Lipinski definition) is 2. The number of aromatic amines is 1. The molecule has 0 radical (unpaired) electrons. The first-order valence-electron chi connectivity index (χ1n) is 4.10. The third-order valence-electron chi connectivity index (χ3n) is 1.87. The van der Waals surface area contributed by atoms with Crippen LogP contribution in [0.4, 0.5) is 0 Å². The van der Waals surface area contributed by atoms with Crippen molar-refractivity contribution in [2.75, 3.05) is 0 Å². The second-order valence-electron chi connectivity index (χ2n) is 2.71. The van der Waals surface area contributed by atoms with Crippen LogP contribution >= 0.6 is 0 Å². The number of terminal acetylenes is 1. The maximum Gasteiger partial charge on any atom is 0.332 e. The highest BCUT2D eigenvalue weighted by molar-refractivity contribution is 5.22. The summed E-state index contributed by atoms with van der Waals surface area (Å²) in [5.74, 6) is 1.87. The molecule has 0 unspecified atom stereocenters. The highest BCUT2D eigenvalue weighted by Gasteiger charge is 2.10. The molecular weight excluding hydrogens is 184 g/mol. The van der Waals surface area contributed by atoms with Crippen molar-refractivity contribution in [3.63, 3.8) is 0 Å². The lowest BCUT2D eigenvalue weighted by molar-refractivity contribution is 0.405. The van der Waals surface area contributed by atoms with E-state index in [1.165, 1.54) is 0 Å². The number of nitrogens with zero attached hydrogens (tertiary/aromatic N) is 1. The van der Waals surface area contributed by atoms with Gasteiger partial charge in [-0.15, -0.1) is 6.42 Å². The van der Waals surface area contributed by atoms with Crippen LogP contribution < -0.4 is 11.2 Å². The zero-order valence-electron chi connectivity index (χ0n) is 7.70. The van der Waals surface area contributed by atoms with Crippen LogP contribution in [0.15, 0.2) is 9.59 Å². The Balaban J connectivity index is 3.54. The van der Waals surface area contributed by atoms with Gasteiger partial charge < -0.3 is 5.11 Å². The summed E-state index contributed by atoms with van der Waals surface area (Å²) in [5, 5.41) is 9.53. The van der Waals surface area contributed by atoms with Gasteiger partial charge >= 0.3 is 5.69 Å². The molecule has 5 nitrogen and oxygen atoms in total. The van der Waals surface area contributed by atoms with E-state index in [9.17, 15) is 14.7 Å². The van der Waals surface area contributed by atoms with Crippen molar-refractivity contribution in [3.05, 3.63) is 26.4 Å².